The van der Waals surface area contributed by atoms with Crippen molar-refractivity contribution < 1.29 is 4.74 Å². The van der Waals surface area contributed by atoms with Gasteiger partial charge in [-0.1, -0.05) is 24.6 Å². The Morgan fingerprint density at radius 3 is 2.95 bits per heavy atom. The smallest absolute Gasteiger partial charge is 0.123 e. The molecule has 2 atom stereocenters. The number of benzene rings is 1. The van der Waals surface area contributed by atoms with Gasteiger partial charge in [0.1, 0.15) is 11.9 Å². The van der Waals surface area contributed by atoms with Crippen molar-refractivity contribution in [1.29, 1.82) is 0 Å². The Balaban J connectivity index is 1.47. The molecule has 3 nitrogen and oxygen atoms in total. The summed E-state index contributed by atoms with van der Waals surface area (Å²) in [6.07, 6.45) is 5.40. The highest BCUT2D eigenvalue weighted by Crippen LogP contribution is 2.28. The second kappa shape index (κ2) is 5.93. The molecule has 1 N–H and O–H groups in total. The third-order valence-corrected chi connectivity index (χ3v) is 4.17. The van der Waals surface area contributed by atoms with E-state index in [0.717, 1.165) is 25.3 Å². The molecular weight excluding hydrogens is 236 g/mol. The van der Waals surface area contributed by atoms with Crippen molar-refractivity contribution in [3.05, 3.63) is 29.8 Å². The van der Waals surface area contributed by atoms with E-state index in [9.17, 15) is 0 Å². The summed E-state index contributed by atoms with van der Waals surface area (Å²) in [4.78, 5) is 2.42. The lowest BCUT2D eigenvalue weighted by molar-refractivity contribution is 0.156. The Kier molecular flexibility index (Phi) is 4.04. The Hall–Kier alpha value is -1.06. The van der Waals surface area contributed by atoms with Crippen LogP contribution in [-0.2, 0) is 6.42 Å². The second-order valence-electron chi connectivity index (χ2n) is 5.92. The highest BCUT2D eigenvalue weighted by atomic mass is 16.5. The van der Waals surface area contributed by atoms with Gasteiger partial charge in [0.15, 0.2) is 0 Å². The van der Waals surface area contributed by atoms with E-state index in [1.807, 2.05) is 0 Å². The van der Waals surface area contributed by atoms with Gasteiger partial charge >= 0.3 is 0 Å². The fourth-order valence-corrected chi connectivity index (χ4v) is 3.23. The summed E-state index contributed by atoms with van der Waals surface area (Å²) in [6, 6.07) is 9.08. The molecular formula is C16H24N2O. The zero-order valence-electron chi connectivity index (χ0n) is 11.8. The molecule has 1 saturated heterocycles. The molecule has 2 heterocycles. The number of para-hydroxylation sites is 1. The molecule has 2 aliphatic rings. The van der Waals surface area contributed by atoms with E-state index in [1.165, 1.54) is 31.4 Å². The number of fused-ring (bicyclic) bond motifs is 1. The van der Waals surface area contributed by atoms with Crippen molar-refractivity contribution >= 4 is 0 Å². The zero-order chi connectivity index (χ0) is 13.1. The molecule has 1 aromatic rings. The largest absolute Gasteiger partial charge is 0.488 e. The van der Waals surface area contributed by atoms with Crippen LogP contribution in [0, 0.1) is 0 Å². The molecule has 0 amide bonds. The molecule has 0 saturated carbocycles. The Bertz CT molecular complexity index is 390. The van der Waals surface area contributed by atoms with Gasteiger partial charge in [0.2, 0.25) is 0 Å². The summed E-state index contributed by atoms with van der Waals surface area (Å²) in [7, 11) is 2.21. The standard InChI is InChI=1S/C16H24N2O/c1-18(11-14-7-4-5-9-17-14)12-15-10-13-6-2-3-8-16(13)19-15/h2-3,6,8,14-15,17H,4-5,7,9-12H2,1H3. The van der Waals surface area contributed by atoms with Gasteiger partial charge in [0.05, 0.1) is 0 Å². The van der Waals surface area contributed by atoms with Gasteiger partial charge in [0.25, 0.3) is 0 Å². The molecule has 1 fully saturated rings. The van der Waals surface area contributed by atoms with Crippen molar-refractivity contribution in [3.8, 4) is 5.75 Å². The van der Waals surface area contributed by atoms with Crippen molar-refractivity contribution in [1.82, 2.24) is 10.2 Å². The van der Waals surface area contributed by atoms with Gasteiger partial charge in [-0.25, -0.2) is 0 Å². The van der Waals surface area contributed by atoms with Crippen LogP contribution in [0.1, 0.15) is 24.8 Å². The third-order valence-electron chi connectivity index (χ3n) is 4.17. The summed E-state index contributed by atoms with van der Waals surface area (Å²) in [5, 5.41) is 3.61. The molecule has 0 bridgehead atoms. The molecule has 0 aliphatic carbocycles. The molecule has 3 heteroatoms. The Morgan fingerprint density at radius 1 is 1.26 bits per heavy atom. The highest BCUT2D eigenvalue weighted by molar-refractivity contribution is 5.37. The van der Waals surface area contributed by atoms with Gasteiger partial charge in [-0.15, -0.1) is 0 Å². The Labute approximate surface area is 115 Å². The monoisotopic (exact) mass is 260 g/mol. The molecule has 104 valence electrons. The SMILES string of the molecule is CN(CC1CCCCN1)CC1Cc2ccccc2O1. The predicted octanol–water partition coefficient (Wildman–Crippen LogP) is 2.06. The van der Waals surface area contributed by atoms with E-state index < -0.39 is 0 Å². The maximum Gasteiger partial charge on any atom is 0.123 e. The van der Waals surface area contributed by atoms with Crippen LogP contribution in [0.25, 0.3) is 0 Å². The number of piperidine rings is 1. The van der Waals surface area contributed by atoms with Gasteiger partial charge in [0, 0.05) is 25.6 Å². The van der Waals surface area contributed by atoms with Crippen molar-refractivity contribution in [2.75, 3.05) is 26.7 Å². The van der Waals surface area contributed by atoms with Crippen LogP contribution in [0.3, 0.4) is 0 Å². The van der Waals surface area contributed by atoms with Crippen LogP contribution in [0.5, 0.6) is 5.75 Å². The lowest BCUT2D eigenvalue weighted by Gasteiger charge is -2.29. The lowest BCUT2D eigenvalue weighted by atomic mass is 10.0. The fourth-order valence-electron chi connectivity index (χ4n) is 3.23. The predicted molar refractivity (Wildman–Crippen MR) is 77.7 cm³/mol. The molecule has 1 aromatic carbocycles. The summed E-state index contributed by atoms with van der Waals surface area (Å²) in [5.41, 5.74) is 1.36. The number of rotatable bonds is 4. The van der Waals surface area contributed by atoms with Crippen LogP contribution in [-0.4, -0.2) is 43.7 Å². The van der Waals surface area contributed by atoms with E-state index in [0.29, 0.717) is 12.1 Å². The first-order valence-corrected chi connectivity index (χ1v) is 7.48. The van der Waals surface area contributed by atoms with E-state index >= 15 is 0 Å². The van der Waals surface area contributed by atoms with Gasteiger partial charge in [-0.05, 0) is 38.1 Å². The van der Waals surface area contributed by atoms with Gasteiger partial charge in [-0.3, -0.25) is 0 Å². The van der Waals surface area contributed by atoms with Crippen LogP contribution in [0.4, 0.5) is 0 Å². The number of hydrogen-bond acceptors (Lipinski definition) is 3. The first kappa shape index (κ1) is 12.9. The zero-order valence-corrected chi connectivity index (χ0v) is 11.8. The summed E-state index contributed by atoms with van der Waals surface area (Å²) < 4.78 is 6.00. The summed E-state index contributed by atoms with van der Waals surface area (Å²) in [5.74, 6) is 1.08. The average Bonchev–Trinajstić information content (AvgIpc) is 2.81. The maximum absolute atomic E-state index is 6.00. The number of nitrogens with one attached hydrogen (secondary N) is 1. The second-order valence-corrected chi connectivity index (χ2v) is 5.92. The fraction of sp³-hybridized carbons (Fsp3) is 0.625. The molecule has 19 heavy (non-hydrogen) atoms. The third kappa shape index (κ3) is 3.28. The molecule has 0 aromatic heterocycles. The maximum atomic E-state index is 6.00. The minimum absolute atomic E-state index is 0.325. The van der Waals surface area contributed by atoms with Crippen LogP contribution >= 0.6 is 0 Å². The number of likely N-dealkylation sites (N-methyl/N-ethyl adjacent to an activating group) is 1. The number of nitrogens with zero attached hydrogens (tertiary/aromatic N) is 1. The normalized spacial score (nSPS) is 26.2. The minimum Gasteiger partial charge on any atom is -0.488 e. The van der Waals surface area contributed by atoms with Gasteiger partial charge < -0.3 is 15.0 Å². The first-order valence-electron chi connectivity index (χ1n) is 7.48. The van der Waals surface area contributed by atoms with E-state index in [4.69, 9.17) is 4.74 Å². The summed E-state index contributed by atoms with van der Waals surface area (Å²) in [6.45, 7) is 3.34. The number of ether oxygens (including phenoxy) is 1. The minimum atomic E-state index is 0.325. The molecule has 3 rings (SSSR count). The lowest BCUT2D eigenvalue weighted by Crippen LogP contribution is -2.44. The summed E-state index contributed by atoms with van der Waals surface area (Å²) >= 11 is 0. The first-order chi connectivity index (χ1) is 9.31. The van der Waals surface area contributed by atoms with E-state index in [-0.39, 0.29) is 0 Å². The molecule has 0 radical (unpaired) electrons. The highest BCUT2D eigenvalue weighted by Gasteiger charge is 2.24. The van der Waals surface area contributed by atoms with Crippen molar-refractivity contribution in [2.45, 2.75) is 37.8 Å². The van der Waals surface area contributed by atoms with Crippen LogP contribution < -0.4 is 10.1 Å². The van der Waals surface area contributed by atoms with Crippen molar-refractivity contribution in [2.24, 2.45) is 0 Å². The quantitative estimate of drug-likeness (QED) is 0.897. The van der Waals surface area contributed by atoms with Crippen LogP contribution in [0.15, 0.2) is 24.3 Å². The molecule has 2 unspecified atom stereocenters. The van der Waals surface area contributed by atoms with Gasteiger partial charge in [-0.2, -0.15) is 0 Å². The number of hydrogen-bond donors (Lipinski definition) is 1. The average molecular weight is 260 g/mol. The molecule has 2 aliphatic heterocycles. The Morgan fingerprint density at radius 2 is 2.16 bits per heavy atom. The van der Waals surface area contributed by atoms with E-state index in [1.54, 1.807) is 0 Å². The topological polar surface area (TPSA) is 24.5 Å². The van der Waals surface area contributed by atoms with Crippen molar-refractivity contribution in [3.63, 3.8) is 0 Å². The van der Waals surface area contributed by atoms with Crippen LogP contribution in [0.2, 0.25) is 0 Å². The molecule has 0 spiro atoms. The van der Waals surface area contributed by atoms with E-state index in [2.05, 4.69) is 41.5 Å².